The zero-order valence-corrected chi connectivity index (χ0v) is 18.3. The van der Waals surface area contributed by atoms with Gasteiger partial charge in [0.2, 0.25) is 5.91 Å². The molecule has 0 aliphatic carbocycles. The number of carbonyl (C=O) groups is 2. The lowest BCUT2D eigenvalue weighted by atomic mass is 10.1. The van der Waals surface area contributed by atoms with Crippen molar-refractivity contribution >= 4 is 17.5 Å². The van der Waals surface area contributed by atoms with E-state index in [-0.39, 0.29) is 24.8 Å². The van der Waals surface area contributed by atoms with Gasteiger partial charge in [0.05, 0.1) is 29.9 Å². The molecule has 1 aliphatic rings. The van der Waals surface area contributed by atoms with Gasteiger partial charge in [-0.15, -0.1) is 0 Å². The highest BCUT2D eigenvalue weighted by atomic mass is 16.5. The van der Waals surface area contributed by atoms with Crippen LogP contribution in [0, 0.1) is 13.8 Å². The molecule has 32 heavy (non-hydrogen) atoms. The van der Waals surface area contributed by atoms with Crippen LogP contribution in [0.3, 0.4) is 0 Å². The number of likely N-dealkylation sites (N-methyl/N-ethyl adjacent to an activating group) is 1. The highest BCUT2D eigenvalue weighted by Crippen LogP contribution is 2.33. The summed E-state index contributed by atoms with van der Waals surface area (Å²) < 4.78 is 16.8. The smallest absolute Gasteiger partial charge is 0.262 e. The van der Waals surface area contributed by atoms with Crippen molar-refractivity contribution in [1.82, 2.24) is 10.5 Å². The van der Waals surface area contributed by atoms with E-state index in [2.05, 4.69) is 10.5 Å². The maximum Gasteiger partial charge on any atom is 0.262 e. The van der Waals surface area contributed by atoms with Gasteiger partial charge in [-0.05, 0) is 43.7 Å². The number of carbonyl (C=O) groups excluding carboxylic acids is 2. The van der Waals surface area contributed by atoms with Crippen LogP contribution >= 0.6 is 0 Å². The van der Waals surface area contributed by atoms with E-state index in [9.17, 15) is 9.59 Å². The minimum atomic E-state index is -0.751. The summed E-state index contributed by atoms with van der Waals surface area (Å²) in [4.78, 5) is 26.9. The van der Waals surface area contributed by atoms with Gasteiger partial charge in [0.1, 0.15) is 23.9 Å². The number of aryl methyl sites for hydroxylation is 2. The van der Waals surface area contributed by atoms with Gasteiger partial charge in [0, 0.05) is 7.05 Å². The van der Waals surface area contributed by atoms with Crippen molar-refractivity contribution in [2.75, 3.05) is 18.5 Å². The molecule has 3 aromatic rings. The van der Waals surface area contributed by atoms with E-state index in [1.165, 1.54) is 0 Å². The molecule has 0 saturated heterocycles. The quantitative estimate of drug-likeness (QED) is 0.640. The molecule has 2 amide bonds. The summed E-state index contributed by atoms with van der Waals surface area (Å²) in [5.41, 5.74) is 3.25. The summed E-state index contributed by atoms with van der Waals surface area (Å²) in [5, 5.41) is 6.51. The largest absolute Gasteiger partial charge is 0.489 e. The van der Waals surface area contributed by atoms with E-state index in [1.807, 2.05) is 56.3 Å². The number of para-hydroxylation sites is 2. The number of amides is 2. The van der Waals surface area contributed by atoms with E-state index in [4.69, 9.17) is 14.0 Å². The number of rotatable bonds is 6. The number of hydrogen-bond acceptors (Lipinski definition) is 6. The fourth-order valence-corrected chi connectivity index (χ4v) is 3.61. The van der Waals surface area contributed by atoms with Crippen molar-refractivity contribution in [2.45, 2.75) is 33.0 Å². The van der Waals surface area contributed by atoms with Crippen LogP contribution in [0.5, 0.6) is 11.5 Å². The molecule has 8 nitrogen and oxygen atoms in total. The Morgan fingerprint density at radius 2 is 1.91 bits per heavy atom. The summed E-state index contributed by atoms with van der Waals surface area (Å²) in [6.45, 7) is 4.26. The number of anilines is 1. The molecule has 0 fully saturated rings. The van der Waals surface area contributed by atoms with Gasteiger partial charge in [0.25, 0.3) is 5.91 Å². The molecule has 2 aromatic carbocycles. The lowest BCUT2D eigenvalue weighted by molar-refractivity contribution is -0.127. The van der Waals surface area contributed by atoms with Crippen LogP contribution in [0.2, 0.25) is 0 Å². The lowest BCUT2D eigenvalue weighted by Crippen LogP contribution is -2.50. The molecule has 0 bridgehead atoms. The van der Waals surface area contributed by atoms with E-state index in [0.717, 1.165) is 22.6 Å². The van der Waals surface area contributed by atoms with Crippen LogP contribution in [-0.2, 0) is 22.6 Å². The lowest BCUT2D eigenvalue weighted by Gasteiger charge is -2.34. The summed E-state index contributed by atoms with van der Waals surface area (Å²) in [6, 6.07) is 14.6. The molecule has 0 radical (unpaired) electrons. The van der Waals surface area contributed by atoms with Crippen LogP contribution in [0.25, 0.3) is 0 Å². The summed E-state index contributed by atoms with van der Waals surface area (Å²) in [5.74, 6) is 1.57. The van der Waals surface area contributed by atoms with Gasteiger partial charge in [0.15, 0.2) is 6.10 Å². The van der Waals surface area contributed by atoms with Crippen LogP contribution in [0.15, 0.2) is 53.1 Å². The third-order valence-corrected chi connectivity index (χ3v) is 5.46. The number of benzene rings is 2. The minimum absolute atomic E-state index is 0.112. The van der Waals surface area contributed by atoms with Gasteiger partial charge in [-0.1, -0.05) is 29.4 Å². The highest BCUT2D eigenvalue weighted by Gasteiger charge is 2.33. The SMILES string of the molecule is CNC(=O)C1CN(C(=O)Cc2ccc(OCc3c(C)noc3C)cc2)c2ccccc2O1. The van der Waals surface area contributed by atoms with E-state index < -0.39 is 6.10 Å². The first-order valence-corrected chi connectivity index (χ1v) is 10.4. The number of aromatic nitrogens is 1. The Labute approximate surface area is 186 Å². The van der Waals surface area contributed by atoms with Crippen molar-refractivity contribution < 1.29 is 23.6 Å². The maximum atomic E-state index is 13.1. The standard InChI is InChI=1S/C24H25N3O5/c1-15-19(16(2)32-26-15)14-30-18-10-8-17(9-11-18)12-23(28)27-13-22(24(29)25-3)31-21-7-5-4-6-20(21)27/h4-11,22H,12-14H2,1-3H3,(H,25,29). The van der Waals surface area contributed by atoms with E-state index >= 15 is 0 Å². The zero-order chi connectivity index (χ0) is 22.7. The van der Waals surface area contributed by atoms with Gasteiger partial charge in [-0.25, -0.2) is 0 Å². The van der Waals surface area contributed by atoms with Crippen LogP contribution in [-0.4, -0.2) is 36.7 Å². The van der Waals surface area contributed by atoms with Crippen molar-refractivity contribution in [3.63, 3.8) is 0 Å². The van der Waals surface area contributed by atoms with E-state index in [1.54, 1.807) is 18.0 Å². The molecular formula is C24H25N3O5. The highest BCUT2D eigenvalue weighted by molar-refractivity contribution is 5.98. The molecule has 8 heteroatoms. The third-order valence-electron chi connectivity index (χ3n) is 5.46. The topological polar surface area (TPSA) is 93.9 Å². The van der Waals surface area contributed by atoms with Crippen LogP contribution < -0.4 is 19.7 Å². The van der Waals surface area contributed by atoms with Crippen molar-refractivity contribution in [2.24, 2.45) is 0 Å². The van der Waals surface area contributed by atoms with Crippen molar-refractivity contribution in [3.8, 4) is 11.5 Å². The minimum Gasteiger partial charge on any atom is -0.489 e. The maximum absolute atomic E-state index is 13.1. The molecule has 166 valence electrons. The molecule has 2 heterocycles. The first-order chi connectivity index (χ1) is 15.5. The average Bonchev–Trinajstić information content (AvgIpc) is 3.14. The Balaban J connectivity index is 1.43. The number of fused-ring (bicyclic) bond motifs is 1. The van der Waals surface area contributed by atoms with E-state index in [0.29, 0.717) is 23.8 Å². The Kier molecular flexibility index (Phi) is 6.11. The number of nitrogens with one attached hydrogen (secondary N) is 1. The molecule has 0 saturated carbocycles. The third kappa shape index (κ3) is 4.44. The van der Waals surface area contributed by atoms with Crippen LogP contribution in [0.4, 0.5) is 5.69 Å². The fraction of sp³-hybridized carbons (Fsp3) is 0.292. The average molecular weight is 435 g/mol. The summed E-state index contributed by atoms with van der Waals surface area (Å²) >= 11 is 0. The van der Waals surface area contributed by atoms with Crippen molar-refractivity contribution in [3.05, 3.63) is 71.1 Å². The zero-order valence-electron chi connectivity index (χ0n) is 18.3. The molecule has 1 atom stereocenters. The molecule has 1 aromatic heterocycles. The predicted octanol–water partition coefficient (Wildman–Crippen LogP) is 2.95. The van der Waals surface area contributed by atoms with Crippen LogP contribution in [0.1, 0.15) is 22.6 Å². The predicted molar refractivity (Wildman–Crippen MR) is 118 cm³/mol. The molecule has 1 N–H and O–H groups in total. The van der Waals surface area contributed by atoms with Gasteiger partial charge in [-0.2, -0.15) is 0 Å². The number of hydrogen-bond donors (Lipinski definition) is 1. The van der Waals surface area contributed by atoms with Gasteiger partial charge >= 0.3 is 0 Å². The Morgan fingerprint density at radius 3 is 2.59 bits per heavy atom. The Hall–Kier alpha value is -3.81. The molecule has 4 rings (SSSR count). The normalized spacial score (nSPS) is 15.0. The Morgan fingerprint density at radius 1 is 1.16 bits per heavy atom. The first kappa shape index (κ1) is 21.4. The first-order valence-electron chi connectivity index (χ1n) is 10.4. The fourth-order valence-electron chi connectivity index (χ4n) is 3.61. The summed E-state index contributed by atoms with van der Waals surface area (Å²) in [6.07, 6.45) is -0.558. The van der Waals surface area contributed by atoms with Gasteiger partial charge < -0.3 is 24.2 Å². The number of ether oxygens (including phenoxy) is 2. The number of nitrogens with zero attached hydrogens (tertiary/aromatic N) is 2. The molecule has 1 unspecified atom stereocenters. The second kappa shape index (κ2) is 9.13. The summed E-state index contributed by atoms with van der Waals surface area (Å²) in [7, 11) is 1.55. The molecule has 1 aliphatic heterocycles. The van der Waals surface area contributed by atoms with Crippen molar-refractivity contribution in [1.29, 1.82) is 0 Å². The second-order valence-electron chi connectivity index (χ2n) is 7.60. The second-order valence-corrected chi connectivity index (χ2v) is 7.60. The van der Waals surface area contributed by atoms with Gasteiger partial charge in [-0.3, -0.25) is 9.59 Å². The molecule has 0 spiro atoms. The monoisotopic (exact) mass is 435 g/mol. The molecular weight excluding hydrogens is 410 g/mol. The Bertz CT molecular complexity index is 1100.